The third-order valence-corrected chi connectivity index (χ3v) is 9.10. The number of carboxylic acids is 3. The van der Waals surface area contributed by atoms with Crippen molar-refractivity contribution in [2.45, 2.75) is 109 Å². The Morgan fingerprint density at radius 3 is 2.00 bits per heavy atom. The summed E-state index contributed by atoms with van der Waals surface area (Å²) in [6, 6.07) is 9.13. The lowest BCUT2D eigenvalue weighted by Crippen LogP contribution is -2.51. The summed E-state index contributed by atoms with van der Waals surface area (Å²) in [7, 11) is 0. The summed E-state index contributed by atoms with van der Waals surface area (Å²) in [6.45, 7) is 7.50. The zero-order chi connectivity index (χ0) is 37.6. The Hall–Kier alpha value is -4.72. The van der Waals surface area contributed by atoms with Crippen LogP contribution in [-0.2, 0) is 30.4 Å². The summed E-state index contributed by atoms with van der Waals surface area (Å²) in [5.74, 6) is -4.18. The highest BCUT2D eigenvalue weighted by molar-refractivity contribution is 5.89. The van der Waals surface area contributed by atoms with E-state index in [1.165, 1.54) is 0 Å². The van der Waals surface area contributed by atoms with E-state index in [9.17, 15) is 39.0 Å². The Balaban J connectivity index is 1.55. The van der Waals surface area contributed by atoms with Crippen molar-refractivity contribution in [2.75, 3.05) is 13.1 Å². The van der Waals surface area contributed by atoms with E-state index >= 15 is 0 Å². The van der Waals surface area contributed by atoms with Gasteiger partial charge in [0.2, 0.25) is 11.8 Å². The molecule has 1 fully saturated rings. The predicted molar refractivity (Wildman–Crippen MR) is 191 cm³/mol. The topological polar surface area (TPSA) is 223 Å². The number of nitrogens with one attached hydrogen (secondary N) is 5. The van der Waals surface area contributed by atoms with Gasteiger partial charge in [-0.3, -0.25) is 14.4 Å². The number of amides is 4. The third kappa shape index (κ3) is 14.6. The number of unbranched alkanes of at least 4 members (excludes halogenated alkanes) is 1. The van der Waals surface area contributed by atoms with Crippen LogP contribution in [0.25, 0.3) is 10.8 Å². The van der Waals surface area contributed by atoms with Gasteiger partial charge >= 0.3 is 23.9 Å². The quantitative estimate of drug-likeness (QED) is 0.0992. The maximum absolute atomic E-state index is 13.5. The van der Waals surface area contributed by atoms with Gasteiger partial charge in [-0.1, -0.05) is 42.5 Å². The van der Waals surface area contributed by atoms with Crippen molar-refractivity contribution in [1.29, 1.82) is 0 Å². The molecule has 4 amide bonds. The molecule has 0 aliphatic heterocycles. The molecule has 280 valence electrons. The molecule has 14 nitrogen and oxygen atoms in total. The first kappa shape index (κ1) is 40.7. The van der Waals surface area contributed by atoms with Gasteiger partial charge in [0.15, 0.2) is 0 Å². The molecule has 1 aliphatic carbocycles. The minimum absolute atomic E-state index is 0.00329. The lowest BCUT2D eigenvalue weighted by atomic mass is 9.81. The molecule has 0 heterocycles. The van der Waals surface area contributed by atoms with Crippen LogP contribution >= 0.6 is 0 Å². The van der Waals surface area contributed by atoms with Gasteiger partial charge in [-0.05, 0) is 101 Å². The second kappa shape index (κ2) is 19.6. The standard InChI is InChI=1S/C37H53N5O9/c1-37(2,3)39-22-23-11-15-26(16-12-23)32(45)40-30(21-24-13-14-25-8-4-5-9-27(25)20-24)33(46)38-19-7-6-10-28(34(47)48)41-36(51)42-29(35(49)50)17-18-31(43)44/h4-5,8-9,13-14,20,23,26,28-30,39H,6-7,10-12,15-19,21-22H2,1-3H3,(H,38,46)(H,40,45)(H,43,44)(H,47,48)(H,49,50)(H2,41,42,51)/t23?,26?,28-,29-,30-/m0/s1. The number of benzene rings is 2. The van der Waals surface area contributed by atoms with E-state index < -0.39 is 48.5 Å². The first-order valence-corrected chi connectivity index (χ1v) is 17.7. The first-order valence-electron chi connectivity index (χ1n) is 17.7. The van der Waals surface area contributed by atoms with Gasteiger partial charge in [0.1, 0.15) is 18.1 Å². The van der Waals surface area contributed by atoms with Crippen LogP contribution in [0.1, 0.15) is 84.1 Å². The molecular weight excluding hydrogens is 658 g/mol. The van der Waals surface area contributed by atoms with Crippen LogP contribution in [0.15, 0.2) is 42.5 Å². The predicted octanol–water partition coefficient (Wildman–Crippen LogP) is 3.42. The van der Waals surface area contributed by atoms with Crippen LogP contribution in [0.2, 0.25) is 0 Å². The maximum atomic E-state index is 13.5. The second-order valence-corrected chi connectivity index (χ2v) is 14.4. The van der Waals surface area contributed by atoms with E-state index in [4.69, 9.17) is 5.11 Å². The molecule has 8 N–H and O–H groups in total. The van der Waals surface area contributed by atoms with Gasteiger partial charge in [-0.2, -0.15) is 0 Å². The van der Waals surface area contributed by atoms with Crippen LogP contribution in [0.5, 0.6) is 0 Å². The summed E-state index contributed by atoms with van der Waals surface area (Å²) in [5.41, 5.74) is 0.926. The molecule has 0 unspecified atom stereocenters. The molecule has 0 aromatic heterocycles. The molecule has 0 spiro atoms. The Kier molecular flexibility index (Phi) is 15.7. The number of aliphatic carboxylic acids is 3. The molecule has 2 aromatic carbocycles. The zero-order valence-corrected chi connectivity index (χ0v) is 29.7. The maximum Gasteiger partial charge on any atom is 0.326 e. The number of urea groups is 1. The van der Waals surface area contributed by atoms with Gasteiger partial charge in [0.05, 0.1) is 0 Å². The van der Waals surface area contributed by atoms with Gasteiger partial charge in [0, 0.05) is 30.8 Å². The van der Waals surface area contributed by atoms with Crippen molar-refractivity contribution in [3.8, 4) is 0 Å². The van der Waals surface area contributed by atoms with E-state index in [0.717, 1.165) is 48.6 Å². The molecule has 1 saturated carbocycles. The van der Waals surface area contributed by atoms with Crippen LogP contribution in [0.3, 0.4) is 0 Å². The summed E-state index contributed by atoms with van der Waals surface area (Å²) < 4.78 is 0. The van der Waals surface area contributed by atoms with Crippen molar-refractivity contribution >= 4 is 46.5 Å². The molecule has 51 heavy (non-hydrogen) atoms. The largest absolute Gasteiger partial charge is 0.481 e. The molecule has 2 aromatic rings. The summed E-state index contributed by atoms with van der Waals surface area (Å²) in [5, 5.41) is 43.5. The van der Waals surface area contributed by atoms with Gasteiger partial charge < -0.3 is 41.9 Å². The highest BCUT2D eigenvalue weighted by Crippen LogP contribution is 2.29. The normalized spacial score (nSPS) is 17.8. The molecule has 14 heteroatoms. The fourth-order valence-electron chi connectivity index (χ4n) is 6.13. The van der Waals surface area contributed by atoms with E-state index in [0.29, 0.717) is 18.8 Å². The Bertz CT molecular complexity index is 1520. The lowest BCUT2D eigenvalue weighted by molar-refractivity contribution is -0.141. The Labute approximate surface area is 298 Å². The first-order chi connectivity index (χ1) is 24.1. The lowest BCUT2D eigenvalue weighted by Gasteiger charge is -2.31. The van der Waals surface area contributed by atoms with Crippen molar-refractivity contribution in [3.63, 3.8) is 0 Å². The van der Waals surface area contributed by atoms with E-state index in [1.54, 1.807) is 0 Å². The molecule has 1 aliphatic rings. The minimum Gasteiger partial charge on any atom is -0.481 e. The number of rotatable bonds is 19. The van der Waals surface area contributed by atoms with E-state index in [-0.39, 0.29) is 49.1 Å². The van der Waals surface area contributed by atoms with Crippen molar-refractivity contribution in [3.05, 3.63) is 48.0 Å². The van der Waals surface area contributed by atoms with Crippen LogP contribution in [0, 0.1) is 11.8 Å². The number of fused-ring (bicyclic) bond motifs is 1. The van der Waals surface area contributed by atoms with Crippen LogP contribution in [0.4, 0.5) is 4.79 Å². The van der Waals surface area contributed by atoms with Crippen LogP contribution < -0.4 is 26.6 Å². The smallest absolute Gasteiger partial charge is 0.326 e. The summed E-state index contributed by atoms with van der Waals surface area (Å²) >= 11 is 0. The molecular formula is C37H53N5O9. The zero-order valence-electron chi connectivity index (χ0n) is 29.7. The van der Waals surface area contributed by atoms with E-state index in [2.05, 4.69) is 47.4 Å². The van der Waals surface area contributed by atoms with Crippen LogP contribution in [-0.4, -0.2) is 87.8 Å². The highest BCUT2D eigenvalue weighted by Gasteiger charge is 2.30. The number of carbonyl (C=O) groups is 6. The van der Waals surface area contributed by atoms with Crippen molar-refractivity contribution in [2.24, 2.45) is 11.8 Å². The average molecular weight is 712 g/mol. The number of hydrogen-bond acceptors (Lipinski definition) is 7. The molecule has 0 bridgehead atoms. The van der Waals surface area contributed by atoms with Gasteiger partial charge in [-0.15, -0.1) is 0 Å². The van der Waals surface area contributed by atoms with Gasteiger partial charge in [0.25, 0.3) is 0 Å². The van der Waals surface area contributed by atoms with E-state index in [1.807, 2.05) is 42.5 Å². The molecule has 0 saturated heterocycles. The molecule has 3 atom stereocenters. The monoisotopic (exact) mass is 711 g/mol. The van der Waals surface area contributed by atoms with Crippen molar-refractivity contribution < 1.29 is 44.1 Å². The minimum atomic E-state index is -1.50. The summed E-state index contributed by atoms with van der Waals surface area (Å²) in [6.07, 6.45) is 3.47. The number of carboxylic acid groups (broad SMARTS) is 3. The Morgan fingerprint density at radius 2 is 1.39 bits per heavy atom. The SMILES string of the molecule is CC(C)(C)NCC1CCC(C(=O)N[C@@H](Cc2ccc3ccccc3c2)C(=O)NCCCC[C@H](NC(=O)N[C@@H](CCC(=O)O)C(=O)O)C(=O)O)CC1. The van der Waals surface area contributed by atoms with Crippen molar-refractivity contribution in [1.82, 2.24) is 26.6 Å². The summed E-state index contributed by atoms with van der Waals surface area (Å²) in [4.78, 5) is 73.1. The fraction of sp³-hybridized carbons (Fsp3) is 0.568. The average Bonchev–Trinajstić information content (AvgIpc) is 3.07. The Morgan fingerprint density at radius 1 is 0.765 bits per heavy atom. The molecule has 3 rings (SSSR count). The second-order valence-electron chi connectivity index (χ2n) is 14.4. The number of carbonyl (C=O) groups excluding carboxylic acids is 3. The number of hydrogen-bond donors (Lipinski definition) is 8. The fourth-order valence-corrected chi connectivity index (χ4v) is 6.13. The molecule has 0 radical (unpaired) electrons. The third-order valence-electron chi connectivity index (χ3n) is 9.10. The van der Waals surface area contributed by atoms with Gasteiger partial charge in [-0.25, -0.2) is 14.4 Å². The highest BCUT2D eigenvalue weighted by atomic mass is 16.4.